The topological polar surface area (TPSA) is 38.9 Å². The van der Waals surface area contributed by atoms with Crippen molar-refractivity contribution in [3.05, 3.63) is 16.1 Å². The third kappa shape index (κ3) is 2.64. The Kier molecular flexibility index (Phi) is 3.98. The van der Waals surface area contributed by atoms with E-state index in [1.165, 1.54) is 32.1 Å². The summed E-state index contributed by atoms with van der Waals surface area (Å²) in [5, 5.41) is 3.26. The van der Waals surface area contributed by atoms with Crippen LogP contribution in [-0.4, -0.2) is 4.98 Å². The van der Waals surface area contributed by atoms with E-state index in [4.69, 9.17) is 5.73 Å². The van der Waals surface area contributed by atoms with Gasteiger partial charge in [-0.05, 0) is 31.6 Å². The van der Waals surface area contributed by atoms with Crippen LogP contribution in [0, 0.1) is 18.8 Å². The molecule has 0 spiro atoms. The lowest BCUT2D eigenvalue weighted by Crippen LogP contribution is -2.26. The van der Waals surface area contributed by atoms with Gasteiger partial charge in [0.1, 0.15) is 0 Å². The van der Waals surface area contributed by atoms with Crippen molar-refractivity contribution in [2.75, 3.05) is 0 Å². The molecule has 1 aliphatic rings. The molecule has 90 valence electrons. The van der Waals surface area contributed by atoms with Gasteiger partial charge in [-0.3, -0.25) is 0 Å². The van der Waals surface area contributed by atoms with Crippen LogP contribution in [-0.2, 0) is 0 Å². The monoisotopic (exact) mass is 238 g/mol. The minimum absolute atomic E-state index is 0.169. The Balaban J connectivity index is 1.93. The summed E-state index contributed by atoms with van der Waals surface area (Å²) in [6.07, 6.45) is 6.63. The zero-order valence-electron chi connectivity index (χ0n) is 10.3. The molecule has 3 heteroatoms. The van der Waals surface area contributed by atoms with Crippen LogP contribution in [0.2, 0.25) is 0 Å². The van der Waals surface area contributed by atoms with Gasteiger partial charge >= 0.3 is 0 Å². The Morgan fingerprint density at radius 3 is 2.62 bits per heavy atom. The average molecular weight is 238 g/mol. The van der Waals surface area contributed by atoms with E-state index in [-0.39, 0.29) is 6.04 Å². The van der Waals surface area contributed by atoms with Crippen molar-refractivity contribution in [1.82, 2.24) is 4.98 Å². The SMILES string of the molecule is CCC1CCC(C(N)c2csc(C)n2)CC1. The van der Waals surface area contributed by atoms with Gasteiger partial charge in [0.15, 0.2) is 0 Å². The van der Waals surface area contributed by atoms with Crippen molar-refractivity contribution in [3.63, 3.8) is 0 Å². The van der Waals surface area contributed by atoms with Crippen LogP contribution in [0.5, 0.6) is 0 Å². The summed E-state index contributed by atoms with van der Waals surface area (Å²) in [5.74, 6) is 1.60. The molecule has 2 N–H and O–H groups in total. The van der Waals surface area contributed by atoms with E-state index in [1.807, 2.05) is 0 Å². The van der Waals surface area contributed by atoms with Gasteiger partial charge in [0.05, 0.1) is 16.7 Å². The van der Waals surface area contributed by atoms with Crippen LogP contribution < -0.4 is 5.73 Å². The molecular formula is C13H22N2S. The lowest BCUT2D eigenvalue weighted by molar-refractivity contribution is 0.238. The van der Waals surface area contributed by atoms with E-state index >= 15 is 0 Å². The van der Waals surface area contributed by atoms with Crippen molar-refractivity contribution >= 4 is 11.3 Å². The number of thiazole rings is 1. The summed E-state index contributed by atoms with van der Waals surface area (Å²) in [5.41, 5.74) is 7.43. The number of nitrogens with two attached hydrogens (primary N) is 1. The van der Waals surface area contributed by atoms with E-state index in [1.54, 1.807) is 11.3 Å². The van der Waals surface area contributed by atoms with Gasteiger partial charge in [-0.25, -0.2) is 4.98 Å². The average Bonchev–Trinajstić information content (AvgIpc) is 2.75. The zero-order chi connectivity index (χ0) is 11.5. The van der Waals surface area contributed by atoms with Gasteiger partial charge in [-0.1, -0.05) is 26.2 Å². The second kappa shape index (κ2) is 5.28. The molecule has 0 saturated heterocycles. The second-order valence-corrected chi connectivity index (χ2v) is 6.07. The molecule has 2 rings (SSSR count). The summed E-state index contributed by atoms with van der Waals surface area (Å²) < 4.78 is 0. The highest BCUT2D eigenvalue weighted by atomic mass is 32.1. The molecule has 1 fully saturated rings. The fourth-order valence-corrected chi connectivity index (χ4v) is 3.39. The molecule has 1 aliphatic carbocycles. The minimum atomic E-state index is 0.169. The third-order valence-electron chi connectivity index (χ3n) is 3.95. The van der Waals surface area contributed by atoms with E-state index in [0.717, 1.165) is 16.6 Å². The highest BCUT2D eigenvalue weighted by Crippen LogP contribution is 2.36. The Hall–Kier alpha value is -0.410. The van der Waals surface area contributed by atoms with Crippen LogP contribution in [0.3, 0.4) is 0 Å². The Labute approximate surface area is 102 Å². The summed E-state index contributed by atoms with van der Waals surface area (Å²) >= 11 is 1.71. The standard InChI is InChI=1S/C13H22N2S/c1-3-10-4-6-11(7-5-10)13(14)12-8-16-9(2)15-12/h8,10-11,13H,3-7,14H2,1-2H3. The Morgan fingerprint density at radius 2 is 2.12 bits per heavy atom. The largest absolute Gasteiger partial charge is 0.322 e. The molecular weight excluding hydrogens is 216 g/mol. The first-order valence-corrected chi connectivity index (χ1v) is 7.26. The van der Waals surface area contributed by atoms with Gasteiger partial charge in [-0.15, -0.1) is 11.3 Å². The van der Waals surface area contributed by atoms with Crippen molar-refractivity contribution in [2.45, 2.75) is 52.0 Å². The maximum Gasteiger partial charge on any atom is 0.0898 e. The van der Waals surface area contributed by atoms with E-state index in [2.05, 4.69) is 24.2 Å². The number of aromatic nitrogens is 1. The number of hydrogen-bond acceptors (Lipinski definition) is 3. The van der Waals surface area contributed by atoms with Crippen molar-refractivity contribution < 1.29 is 0 Å². The Morgan fingerprint density at radius 1 is 1.44 bits per heavy atom. The molecule has 0 aliphatic heterocycles. The molecule has 1 atom stereocenters. The van der Waals surface area contributed by atoms with Gasteiger partial charge in [0.25, 0.3) is 0 Å². The maximum absolute atomic E-state index is 6.31. The van der Waals surface area contributed by atoms with E-state index in [0.29, 0.717) is 5.92 Å². The summed E-state index contributed by atoms with van der Waals surface area (Å²) in [7, 11) is 0. The number of aryl methyl sites for hydroxylation is 1. The van der Waals surface area contributed by atoms with Crippen molar-refractivity contribution in [2.24, 2.45) is 17.6 Å². The highest BCUT2D eigenvalue weighted by Gasteiger charge is 2.26. The zero-order valence-corrected chi connectivity index (χ0v) is 11.1. The summed E-state index contributed by atoms with van der Waals surface area (Å²) in [6, 6.07) is 0.169. The molecule has 0 radical (unpaired) electrons. The van der Waals surface area contributed by atoms with E-state index < -0.39 is 0 Å². The molecule has 1 aromatic rings. The van der Waals surface area contributed by atoms with Crippen LogP contribution in [0.25, 0.3) is 0 Å². The fourth-order valence-electron chi connectivity index (χ4n) is 2.73. The predicted octanol–water partition coefficient (Wildman–Crippen LogP) is 3.67. The third-order valence-corrected chi connectivity index (χ3v) is 4.75. The molecule has 0 aromatic carbocycles. The lowest BCUT2D eigenvalue weighted by Gasteiger charge is -2.31. The smallest absolute Gasteiger partial charge is 0.0898 e. The van der Waals surface area contributed by atoms with Gasteiger partial charge in [0, 0.05) is 5.38 Å². The van der Waals surface area contributed by atoms with Gasteiger partial charge in [0.2, 0.25) is 0 Å². The quantitative estimate of drug-likeness (QED) is 0.872. The molecule has 0 bridgehead atoms. The van der Waals surface area contributed by atoms with Gasteiger partial charge < -0.3 is 5.73 Å². The normalized spacial score (nSPS) is 27.9. The molecule has 1 unspecified atom stereocenters. The fraction of sp³-hybridized carbons (Fsp3) is 0.769. The molecule has 2 nitrogen and oxygen atoms in total. The minimum Gasteiger partial charge on any atom is -0.322 e. The maximum atomic E-state index is 6.31. The van der Waals surface area contributed by atoms with Gasteiger partial charge in [-0.2, -0.15) is 0 Å². The number of hydrogen-bond donors (Lipinski definition) is 1. The van der Waals surface area contributed by atoms with Crippen molar-refractivity contribution in [3.8, 4) is 0 Å². The molecule has 1 saturated carbocycles. The lowest BCUT2D eigenvalue weighted by atomic mass is 9.77. The first-order chi connectivity index (χ1) is 7.70. The summed E-state index contributed by atoms with van der Waals surface area (Å²) in [4.78, 5) is 4.52. The van der Waals surface area contributed by atoms with E-state index in [9.17, 15) is 0 Å². The van der Waals surface area contributed by atoms with Crippen LogP contribution in [0.1, 0.15) is 55.8 Å². The number of rotatable bonds is 3. The molecule has 1 aromatic heterocycles. The Bertz CT molecular complexity index is 326. The summed E-state index contributed by atoms with van der Waals surface area (Å²) in [6.45, 7) is 4.35. The van der Waals surface area contributed by atoms with Crippen LogP contribution >= 0.6 is 11.3 Å². The second-order valence-electron chi connectivity index (χ2n) is 5.01. The predicted molar refractivity (Wildman–Crippen MR) is 69.5 cm³/mol. The van der Waals surface area contributed by atoms with Crippen molar-refractivity contribution in [1.29, 1.82) is 0 Å². The van der Waals surface area contributed by atoms with Crippen LogP contribution in [0.15, 0.2) is 5.38 Å². The first-order valence-electron chi connectivity index (χ1n) is 6.38. The molecule has 16 heavy (non-hydrogen) atoms. The molecule has 1 heterocycles. The highest BCUT2D eigenvalue weighted by molar-refractivity contribution is 7.09. The first kappa shape index (κ1) is 12.1. The van der Waals surface area contributed by atoms with Crippen LogP contribution in [0.4, 0.5) is 0 Å². The molecule has 0 amide bonds. The number of nitrogens with zero attached hydrogens (tertiary/aromatic N) is 1.